The second-order valence-electron chi connectivity index (χ2n) is 1.60. The minimum atomic E-state index is 0. The lowest BCUT2D eigenvalue weighted by atomic mass is 10.4. The van der Waals surface area contributed by atoms with E-state index < -0.39 is 0 Å². The molecule has 0 aliphatic rings. The average molecular weight is 180 g/mol. The molecule has 4 N–H and O–H groups in total. The Kier molecular flexibility index (Phi) is 3.25. The molecule has 10 heavy (non-hydrogen) atoms. The monoisotopic (exact) mass is 179 g/mol. The van der Waals surface area contributed by atoms with E-state index in [0.717, 1.165) is 0 Å². The molecule has 56 valence electrons. The Labute approximate surface area is 69.8 Å². The third kappa shape index (κ3) is 1.65. The minimum absolute atomic E-state index is 0. The van der Waals surface area contributed by atoms with Crippen molar-refractivity contribution >= 4 is 35.4 Å². The molecule has 0 fully saturated rings. The zero-order valence-electron chi connectivity index (χ0n) is 5.04. The van der Waals surface area contributed by atoms with Crippen LogP contribution in [0.3, 0.4) is 0 Å². The van der Waals surface area contributed by atoms with Gasteiger partial charge >= 0.3 is 0 Å². The highest BCUT2D eigenvalue weighted by molar-refractivity contribution is 6.32. The van der Waals surface area contributed by atoms with Crippen molar-refractivity contribution < 1.29 is 0 Å². The third-order valence-corrected chi connectivity index (χ3v) is 1.28. The van der Waals surface area contributed by atoms with Crippen molar-refractivity contribution in [3.63, 3.8) is 0 Å². The van der Waals surface area contributed by atoms with E-state index in [1.807, 2.05) is 0 Å². The van der Waals surface area contributed by atoms with Crippen molar-refractivity contribution in [2.45, 2.75) is 0 Å². The molecule has 0 radical (unpaired) electrons. The van der Waals surface area contributed by atoms with E-state index in [0.29, 0.717) is 11.4 Å². The summed E-state index contributed by atoms with van der Waals surface area (Å²) in [6.45, 7) is 0. The highest BCUT2D eigenvalue weighted by atomic mass is 35.5. The van der Waals surface area contributed by atoms with Gasteiger partial charge in [0.15, 0.2) is 5.15 Å². The maximum absolute atomic E-state index is 5.50. The van der Waals surface area contributed by atoms with Crippen LogP contribution in [-0.4, -0.2) is 4.98 Å². The SMILES string of the molecule is Cl.Nc1ccnc(Cl)c1N. The fraction of sp³-hybridized carbons (Fsp3) is 0. The van der Waals surface area contributed by atoms with Crippen molar-refractivity contribution in [1.82, 2.24) is 4.98 Å². The molecule has 0 spiro atoms. The van der Waals surface area contributed by atoms with Gasteiger partial charge in [-0.3, -0.25) is 0 Å². The lowest BCUT2D eigenvalue weighted by Gasteiger charge is -1.97. The molecule has 0 amide bonds. The third-order valence-electron chi connectivity index (χ3n) is 0.975. The molecule has 3 nitrogen and oxygen atoms in total. The van der Waals surface area contributed by atoms with E-state index in [9.17, 15) is 0 Å². The van der Waals surface area contributed by atoms with Crippen LogP contribution in [0.2, 0.25) is 5.15 Å². The summed E-state index contributed by atoms with van der Waals surface area (Å²) < 4.78 is 0. The Morgan fingerprint density at radius 2 is 2.00 bits per heavy atom. The van der Waals surface area contributed by atoms with Crippen LogP contribution in [0.4, 0.5) is 11.4 Å². The summed E-state index contributed by atoms with van der Waals surface area (Å²) in [5.41, 5.74) is 11.5. The Morgan fingerprint density at radius 3 is 2.40 bits per heavy atom. The number of halogens is 2. The van der Waals surface area contributed by atoms with Gasteiger partial charge in [-0.25, -0.2) is 4.98 Å². The Hall–Kier alpha value is -0.670. The summed E-state index contributed by atoms with van der Waals surface area (Å²) >= 11 is 5.50. The van der Waals surface area contributed by atoms with Gasteiger partial charge in [-0.1, -0.05) is 11.6 Å². The number of nitrogens with two attached hydrogens (primary N) is 2. The Bertz CT molecular complexity index is 206. The number of hydrogen-bond donors (Lipinski definition) is 2. The second kappa shape index (κ2) is 3.49. The molecule has 0 unspecified atom stereocenters. The lowest BCUT2D eigenvalue weighted by Crippen LogP contribution is -1.95. The van der Waals surface area contributed by atoms with Gasteiger partial charge in [-0.2, -0.15) is 0 Å². The summed E-state index contributed by atoms with van der Waals surface area (Å²) in [5.74, 6) is 0. The van der Waals surface area contributed by atoms with Crippen LogP contribution in [0.5, 0.6) is 0 Å². The highest BCUT2D eigenvalue weighted by Crippen LogP contribution is 2.20. The van der Waals surface area contributed by atoms with Gasteiger partial charge < -0.3 is 11.5 Å². The van der Waals surface area contributed by atoms with Gasteiger partial charge in [0.05, 0.1) is 11.4 Å². The summed E-state index contributed by atoms with van der Waals surface area (Å²) in [5, 5.41) is 0.259. The first kappa shape index (κ1) is 9.33. The van der Waals surface area contributed by atoms with Crippen LogP contribution >= 0.6 is 24.0 Å². The first-order valence-corrected chi connectivity index (χ1v) is 2.75. The normalized spacial score (nSPS) is 8.50. The maximum Gasteiger partial charge on any atom is 0.153 e. The zero-order valence-corrected chi connectivity index (χ0v) is 6.62. The van der Waals surface area contributed by atoms with E-state index in [1.165, 1.54) is 6.20 Å². The average Bonchev–Trinajstić information content (AvgIpc) is 1.83. The number of pyridine rings is 1. The van der Waals surface area contributed by atoms with Gasteiger partial charge in [0, 0.05) is 6.20 Å². The predicted molar refractivity (Wildman–Crippen MR) is 45.3 cm³/mol. The van der Waals surface area contributed by atoms with Crippen molar-refractivity contribution in [2.75, 3.05) is 11.5 Å². The molecule has 5 heteroatoms. The van der Waals surface area contributed by atoms with Crippen molar-refractivity contribution in [3.8, 4) is 0 Å². The van der Waals surface area contributed by atoms with E-state index in [4.69, 9.17) is 23.1 Å². The van der Waals surface area contributed by atoms with Crippen LogP contribution in [0.25, 0.3) is 0 Å². The van der Waals surface area contributed by atoms with Gasteiger partial charge in [-0.15, -0.1) is 12.4 Å². The van der Waals surface area contributed by atoms with Crippen LogP contribution < -0.4 is 11.5 Å². The van der Waals surface area contributed by atoms with Gasteiger partial charge in [0.2, 0.25) is 0 Å². The Morgan fingerprint density at radius 1 is 1.40 bits per heavy atom. The largest absolute Gasteiger partial charge is 0.397 e. The fourth-order valence-corrected chi connectivity index (χ4v) is 0.627. The minimum Gasteiger partial charge on any atom is -0.397 e. The number of nitrogens with zero attached hydrogens (tertiary/aromatic N) is 1. The standard InChI is InChI=1S/C5H6ClN3.ClH/c6-5-4(8)3(7)1-2-9-5;/h1-2H,8H2,(H2,7,9);1H. The molecule has 0 bridgehead atoms. The van der Waals surface area contributed by atoms with E-state index >= 15 is 0 Å². The molecule has 1 aromatic rings. The molecule has 0 aliphatic heterocycles. The number of anilines is 2. The van der Waals surface area contributed by atoms with Crippen LogP contribution in [0, 0.1) is 0 Å². The van der Waals surface area contributed by atoms with Crippen LogP contribution in [-0.2, 0) is 0 Å². The van der Waals surface area contributed by atoms with Crippen molar-refractivity contribution in [2.24, 2.45) is 0 Å². The molecule has 1 aromatic heterocycles. The quantitative estimate of drug-likeness (QED) is 0.591. The molecule has 0 saturated heterocycles. The molecule has 1 heterocycles. The number of rotatable bonds is 0. The summed E-state index contributed by atoms with van der Waals surface area (Å²) in [4.78, 5) is 3.70. The van der Waals surface area contributed by atoms with Crippen LogP contribution in [0.1, 0.15) is 0 Å². The Balaban J connectivity index is 0.000000810. The molecular weight excluding hydrogens is 173 g/mol. The first-order chi connectivity index (χ1) is 4.22. The van der Waals surface area contributed by atoms with E-state index in [1.54, 1.807) is 6.07 Å². The van der Waals surface area contributed by atoms with Gasteiger partial charge in [-0.05, 0) is 6.07 Å². The smallest absolute Gasteiger partial charge is 0.153 e. The molecule has 1 rings (SSSR count). The first-order valence-electron chi connectivity index (χ1n) is 2.37. The number of nitrogen functional groups attached to an aromatic ring is 2. The molecule has 0 aromatic carbocycles. The molecule has 0 atom stereocenters. The second-order valence-corrected chi connectivity index (χ2v) is 1.96. The van der Waals surface area contributed by atoms with Crippen LogP contribution in [0.15, 0.2) is 12.3 Å². The van der Waals surface area contributed by atoms with E-state index in [2.05, 4.69) is 4.98 Å². The van der Waals surface area contributed by atoms with E-state index in [-0.39, 0.29) is 17.6 Å². The summed E-state index contributed by atoms with van der Waals surface area (Å²) in [6, 6.07) is 1.60. The molecule has 0 aliphatic carbocycles. The molecule has 0 saturated carbocycles. The summed E-state index contributed by atoms with van der Waals surface area (Å²) in [7, 11) is 0. The van der Waals surface area contributed by atoms with Crippen molar-refractivity contribution in [3.05, 3.63) is 17.4 Å². The molecular formula is C5H7Cl2N3. The topological polar surface area (TPSA) is 64.9 Å². The highest BCUT2D eigenvalue weighted by Gasteiger charge is 1.97. The lowest BCUT2D eigenvalue weighted by molar-refractivity contribution is 1.33. The fourth-order valence-electron chi connectivity index (χ4n) is 0.461. The van der Waals surface area contributed by atoms with Gasteiger partial charge in [0.25, 0.3) is 0 Å². The number of aromatic nitrogens is 1. The predicted octanol–water partition coefficient (Wildman–Crippen LogP) is 1.32. The summed E-state index contributed by atoms with van der Waals surface area (Å²) in [6.07, 6.45) is 1.51. The zero-order chi connectivity index (χ0) is 6.85. The number of hydrogen-bond acceptors (Lipinski definition) is 3. The maximum atomic E-state index is 5.50. The van der Waals surface area contributed by atoms with Gasteiger partial charge in [0.1, 0.15) is 0 Å². The van der Waals surface area contributed by atoms with Crippen molar-refractivity contribution in [1.29, 1.82) is 0 Å².